The molecule has 1 heterocycles. The van der Waals surface area contributed by atoms with Crippen LogP contribution in [0.2, 0.25) is 0 Å². The number of likely N-dealkylation sites (tertiary alicyclic amines) is 1. The minimum absolute atomic E-state index is 0.0327. The lowest BCUT2D eigenvalue weighted by Crippen LogP contribution is -2.70. The van der Waals surface area contributed by atoms with Crippen molar-refractivity contribution >= 4 is 11.9 Å². The Kier molecular flexibility index (Phi) is 6.66. The van der Waals surface area contributed by atoms with Crippen LogP contribution in [0, 0.1) is 0 Å². The van der Waals surface area contributed by atoms with Crippen molar-refractivity contribution in [2.75, 3.05) is 19.7 Å². The van der Waals surface area contributed by atoms with Gasteiger partial charge >= 0.3 is 6.03 Å². The zero-order valence-corrected chi connectivity index (χ0v) is 16.0. The van der Waals surface area contributed by atoms with Crippen molar-refractivity contribution in [3.05, 3.63) is 71.8 Å². The molecule has 3 rings (SSSR count). The van der Waals surface area contributed by atoms with Crippen LogP contribution in [0.1, 0.15) is 35.2 Å². The Bertz CT molecular complexity index is 782. The molecule has 6 heteroatoms. The highest BCUT2D eigenvalue weighted by Crippen LogP contribution is 2.40. The van der Waals surface area contributed by atoms with Crippen molar-refractivity contribution in [2.45, 2.75) is 31.3 Å². The average molecular weight is 381 g/mol. The molecule has 0 bridgehead atoms. The molecule has 1 aliphatic heterocycles. The number of nitrogens with one attached hydrogen (secondary N) is 2. The summed E-state index contributed by atoms with van der Waals surface area (Å²) >= 11 is 0. The first-order valence-corrected chi connectivity index (χ1v) is 9.72. The quantitative estimate of drug-likeness (QED) is 0.689. The summed E-state index contributed by atoms with van der Waals surface area (Å²) < 4.78 is 0. The molecule has 3 atom stereocenters. The molecule has 0 aromatic heterocycles. The number of nitrogens with zero attached hydrogens (tertiary/aromatic N) is 1. The van der Waals surface area contributed by atoms with Crippen LogP contribution in [0.5, 0.6) is 0 Å². The summed E-state index contributed by atoms with van der Waals surface area (Å²) in [4.78, 5) is 26.8. The van der Waals surface area contributed by atoms with E-state index in [9.17, 15) is 14.7 Å². The summed E-state index contributed by atoms with van der Waals surface area (Å²) in [6.07, 6.45) is 0.834. The van der Waals surface area contributed by atoms with Crippen LogP contribution in [0.4, 0.5) is 4.79 Å². The predicted molar refractivity (Wildman–Crippen MR) is 108 cm³/mol. The maximum atomic E-state index is 12.6. The first-order valence-electron chi connectivity index (χ1n) is 9.72. The lowest BCUT2D eigenvalue weighted by Gasteiger charge is -2.54. The van der Waals surface area contributed by atoms with Crippen LogP contribution >= 0.6 is 0 Å². The van der Waals surface area contributed by atoms with E-state index >= 15 is 0 Å². The van der Waals surface area contributed by atoms with Crippen LogP contribution in [0.25, 0.3) is 0 Å². The van der Waals surface area contributed by atoms with Crippen molar-refractivity contribution in [1.82, 2.24) is 15.5 Å². The van der Waals surface area contributed by atoms with Crippen molar-refractivity contribution in [2.24, 2.45) is 0 Å². The standard InChI is InChI=1S/C22H27N3O3/c1-2-13-23-22(28)25-18(14-24-21(27)17-11-7-4-8-12-17)20(19(25)15-26)16-9-5-3-6-10-16/h3-12,18-20,26H,2,13-15H2,1H3,(H,23,28)(H,24,27)/t18-,19-,20-/m0/s1. The third-order valence-electron chi connectivity index (χ3n) is 5.18. The minimum Gasteiger partial charge on any atom is -0.394 e. The van der Waals surface area contributed by atoms with E-state index in [0.29, 0.717) is 18.7 Å². The van der Waals surface area contributed by atoms with Crippen molar-refractivity contribution in [3.8, 4) is 0 Å². The maximum Gasteiger partial charge on any atom is 0.318 e. The molecule has 1 fully saturated rings. The van der Waals surface area contributed by atoms with Crippen LogP contribution in [0.15, 0.2) is 60.7 Å². The van der Waals surface area contributed by atoms with Gasteiger partial charge < -0.3 is 20.6 Å². The van der Waals surface area contributed by atoms with Gasteiger partial charge in [0.25, 0.3) is 5.91 Å². The average Bonchev–Trinajstić information content (AvgIpc) is 2.73. The summed E-state index contributed by atoms with van der Waals surface area (Å²) in [5.41, 5.74) is 1.64. The number of hydrogen-bond donors (Lipinski definition) is 3. The van der Waals surface area contributed by atoms with E-state index in [0.717, 1.165) is 12.0 Å². The topological polar surface area (TPSA) is 81.7 Å². The van der Waals surface area contributed by atoms with Crippen LogP contribution in [0.3, 0.4) is 0 Å². The number of amides is 3. The fourth-order valence-electron chi connectivity index (χ4n) is 3.81. The zero-order chi connectivity index (χ0) is 19.9. The van der Waals surface area contributed by atoms with Gasteiger partial charge in [-0.2, -0.15) is 0 Å². The molecule has 1 saturated heterocycles. The van der Waals surface area contributed by atoms with E-state index in [1.54, 1.807) is 17.0 Å². The minimum atomic E-state index is -0.308. The molecule has 6 nitrogen and oxygen atoms in total. The largest absolute Gasteiger partial charge is 0.394 e. The molecular weight excluding hydrogens is 354 g/mol. The Balaban J connectivity index is 1.77. The Morgan fingerprint density at radius 2 is 1.61 bits per heavy atom. The van der Waals surface area contributed by atoms with Gasteiger partial charge in [-0.05, 0) is 24.1 Å². The summed E-state index contributed by atoms with van der Waals surface area (Å²) in [6.45, 7) is 2.77. The third-order valence-corrected chi connectivity index (χ3v) is 5.18. The molecule has 28 heavy (non-hydrogen) atoms. The fourth-order valence-corrected chi connectivity index (χ4v) is 3.81. The summed E-state index contributed by atoms with van der Waals surface area (Å²) in [7, 11) is 0. The van der Waals surface area contributed by atoms with Gasteiger partial charge in [-0.3, -0.25) is 4.79 Å². The Labute approximate surface area is 165 Å². The van der Waals surface area contributed by atoms with Crippen molar-refractivity contribution in [1.29, 1.82) is 0 Å². The van der Waals surface area contributed by atoms with Gasteiger partial charge in [-0.15, -0.1) is 0 Å². The fraction of sp³-hybridized carbons (Fsp3) is 0.364. The second-order valence-corrected chi connectivity index (χ2v) is 6.97. The van der Waals surface area contributed by atoms with Gasteiger partial charge in [-0.25, -0.2) is 4.79 Å². The van der Waals surface area contributed by atoms with E-state index in [1.165, 1.54) is 0 Å². The van der Waals surface area contributed by atoms with Gasteiger partial charge in [0.2, 0.25) is 0 Å². The molecule has 0 saturated carbocycles. The molecule has 3 N–H and O–H groups in total. The maximum absolute atomic E-state index is 12.6. The lowest BCUT2D eigenvalue weighted by atomic mass is 9.75. The second-order valence-electron chi connectivity index (χ2n) is 6.97. The number of carbonyl (C=O) groups excluding carboxylic acids is 2. The molecule has 0 aliphatic carbocycles. The lowest BCUT2D eigenvalue weighted by molar-refractivity contribution is -0.00687. The molecule has 0 radical (unpaired) electrons. The molecule has 148 valence electrons. The van der Waals surface area contributed by atoms with E-state index in [2.05, 4.69) is 10.6 Å². The number of aliphatic hydroxyl groups excluding tert-OH is 1. The normalized spacial score (nSPS) is 20.9. The number of urea groups is 1. The molecule has 2 aromatic rings. The van der Waals surface area contributed by atoms with E-state index < -0.39 is 0 Å². The van der Waals surface area contributed by atoms with Crippen LogP contribution in [-0.2, 0) is 0 Å². The Morgan fingerprint density at radius 3 is 2.21 bits per heavy atom. The van der Waals surface area contributed by atoms with Gasteiger partial charge in [0, 0.05) is 24.6 Å². The van der Waals surface area contributed by atoms with Gasteiger partial charge in [0.05, 0.1) is 18.7 Å². The smallest absolute Gasteiger partial charge is 0.318 e. The highest BCUT2D eigenvalue weighted by atomic mass is 16.3. The monoisotopic (exact) mass is 381 g/mol. The molecule has 2 aromatic carbocycles. The highest BCUT2D eigenvalue weighted by molar-refractivity contribution is 5.94. The molecule has 3 amide bonds. The predicted octanol–water partition coefficient (Wildman–Crippen LogP) is 2.36. The molecule has 0 unspecified atom stereocenters. The second kappa shape index (κ2) is 9.37. The van der Waals surface area contributed by atoms with E-state index in [1.807, 2.05) is 55.5 Å². The molecular formula is C22H27N3O3. The summed E-state index contributed by atoms with van der Waals surface area (Å²) in [6, 6.07) is 18.1. The number of rotatable bonds is 7. The van der Waals surface area contributed by atoms with Gasteiger partial charge in [0.1, 0.15) is 0 Å². The number of carbonyl (C=O) groups is 2. The molecule has 1 aliphatic rings. The highest BCUT2D eigenvalue weighted by Gasteiger charge is 2.51. The van der Waals surface area contributed by atoms with E-state index in [4.69, 9.17) is 0 Å². The SMILES string of the molecule is CCCNC(=O)N1[C@@H](CO)[C@@H](c2ccccc2)[C@@H]1CNC(=O)c1ccccc1. The zero-order valence-electron chi connectivity index (χ0n) is 16.0. The summed E-state index contributed by atoms with van der Waals surface area (Å²) in [5, 5.41) is 15.8. The molecule has 0 spiro atoms. The van der Waals surface area contributed by atoms with E-state index in [-0.39, 0.29) is 36.5 Å². The Hall–Kier alpha value is -2.86. The first kappa shape index (κ1) is 19.9. The number of aliphatic hydroxyl groups is 1. The summed E-state index contributed by atoms with van der Waals surface area (Å²) in [5.74, 6) is -0.205. The van der Waals surface area contributed by atoms with Gasteiger partial charge in [-0.1, -0.05) is 55.5 Å². The van der Waals surface area contributed by atoms with Crippen molar-refractivity contribution in [3.63, 3.8) is 0 Å². The van der Waals surface area contributed by atoms with Crippen molar-refractivity contribution < 1.29 is 14.7 Å². The third kappa shape index (κ3) is 4.17. The first-order chi connectivity index (χ1) is 13.7. The number of benzene rings is 2. The number of hydrogen-bond acceptors (Lipinski definition) is 3. The van der Waals surface area contributed by atoms with Crippen LogP contribution < -0.4 is 10.6 Å². The van der Waals surface area contributed by atoms with Crippen LogP contribution in [-0.4, -0.2) is 53.7 Å². The Morgan fingerprint density at radius 1 is 0.964 bits per heavy atom. The van der Waals surface area contributed by atoms with Gasteiger partial charge in [0.15, 0.2) is 0 Å².